The quantitative estimate of drug-likeness (QED) is 0.531. The van der Waals surface area contributed by atoms with E-state index in [2.05, 4.69) is 27.8 Å². The second kappa shape index (κ2) is 9.16. The van der Waals surface area contributed by atoms with E-state index in [4.69, 9.17) is 9.31 Å². The van der Waals surface area contributed by atoms with Gasteiger partial charge in [0.05, 0.1) is 16.9 Å². The van der Waals surface area contributed by atoms with Crippen molar-refractivity contribution < 1.29 is 14.1 Å². The standard InChI is InChI=1S/C26H32BN3O3/c1-6-15-28-24(31)23-22(29-16-18-11-8-7-9-12-18)19-13-10-14-21(20(19)17-30-23)27-32-25(2,3)26(4,5)33-27/h7-14,17,29H,6,15-16H2,1-5H3,(H,28,31). The number of hydrogen-bond donors (Lipinski definition) is 2. The number of fused-ring (bicyclic) bond motifs is 1. The van der Waals surface area contributed by atoms with Crippen LogP contribution in [0.4, 0.5) is 5.69 Å². The summed E-state index contributed by atoms with van der Waals surface area (Å²) in [5.41, 5.74) is 2.24. The molecule has 1 saturated heterocycles. The molecule has 1 fully saturated rings. The molecule has 2 N–H and O–H groups in total. The topological polar surface area (TPSA) is 72.5 Å². The molecule has 33 heavy (non-hydrogen) atoms. The summed E-state index contributed by atoms with van der Waals surface area (Å²) in [6.07, 6.45) is 2.61. The van der Waals surface area contributed by atoms with E-state index < -0.39 is 18.3 Å². The summed E-state index contributed by atoms with van der Waals surface area (Å²) >= 11 is 0. The van der Waals surface area contributed by atoms with Crippen molar-refractivity contribution in [2.24, 2.45) is 0 Å². The summed E-state index contributed by atoms with van der Waals surface area (Å²) < 4.78 is 12.6. The molecule has 3 aromatic rings. The molecular formula is C26H32BN3O3. The Bertz CT molecular complexity index is 1130. The van der Waals surface area contributed by atoms with Gasteiger partial charge >= 0.3 is 7.12 Å². The number of anilines is 1. The van der Waals surface area contributed by atoms with Gasteiger partial charge in [-0.15, -0.1) is 0 Å². The van der Waals surface area contributed by atoms with Crippen molar-refractivity contribution in [1.82, 2.24) is 10.3 Å². The van der Waals surface area contributed by atoms with Gasteiger partial charge in [0.1, 0.15) is 0 Å². The molecule has 1 amide bonds. The first-order chi connectivity index (χ1) is 15.7. The van der Waals surface area contributed by atoms with E-state index in [1.54, 1.807) is 6.20 Å². The molecule has 2 heterocycles. The number of carbonyl (C=O) groups excluding carboxylic acids is 1. The van der Waals surface area contributed by atoms with Crippen molar-refractivity contribution in [3.8, 4) is 0 Å². The molecular weight excluding hydrogens is 413 g/mol. The van der Waals surface area contributed by atoms with Crippen LogP contribution in [0.3, 0.4) is 0 Å². The third-order valence-corrected chi connectivity index (χ3v) is 6.54. The van der Waals surface area contributed by atoms with E-state index >= 15 is 0 Å². The largest absolute Gasteiger partial charge is 0.495 e. The fourth-order valence-electron chi connectivity index (χ4n) is 3.90. The van der Waals surface area contributed by atoms with Gasteiger partial charge in [-0.25, -0.2) is 4.98 Å². The van der Waals surface area contributed by atoms with Crippen molar-refractivity contribution in [3.63, 3.8) is 0 Å². The van der Waals surface area contributed by atoms with Gasteiger partial charge in [0.2, 0.25) is 0 Å². The Morgan fingerprint density at radius 1 is 0.970 bits per heavy atom. The summed E-state index contributed by atoms with van der Waals surface area (Å²) in [5.74, 6) is -0.185. The van der Waals surface area contributed by atoms with Crippen LogP contribution in [-0.4, -0.2) is 35.8 Å². The van der Waals surface area contributed by atoms with Gasteiger partial charge in [-0.3, -0.25) is 4.79 Å². The zero-order valence-corrected chi connectivity index (χ0v) is 20.1. The van der Waals surface area contributed by atoms with Crippen LogP contribution in [0.25, 0.3) is 10.8 Å². The van der Waals surface area contributed by atoms with E-state index in [1.165, 1.54) is 0 Å². The Labute approximate surface area is 196 Å². The van der Waals surface area contributed by atoms with E-state index in [-0.39, 0.29) is 5.91 Å². The molecule has 1 aliphatic rings. The summed E-state index contributed by atoms with van der Waals surface area (Å²) in [5, 5.41) is 8.24. The molecule has 0 unspecified atom stereocenters. The molecule has 2 aromatic carbocycles. The molecule has 0 aliphatic carbocycles. The molecule has 0 bridgehead atoms. The predicted octanol–water partition coefficient (Wildman–Crippen LogP) is 4.29. The Hall–Kier alpha value is -2.90. The first-order valence-corrected chi connectivity index (χ1v) is 11.6. The fraction of sp³-hybridized carbons (Fsp3) is 0.385. The molecule has 172 valence electrons. The second-order valence-electron chi connectivity index (χ2n) is 9.47. The van der Waals surface area contributed by atoms with Crippen molar-refractivity contribution >= 4 is 34.9 Å². The summed E-state index contributed by atoms with van der Waals surface area (Å²) in [6, 6.07) is 16.1. The van der Waals surface area contributed by atoms with Gasteiger partial charge in [-0.05, 0) is 45.1 Å². The van der Waals surface area contributed by atoms with Gasteiger partial charge in [-0.1, -0.05) is 55.5 Å². The Kier molecular flexibility index (Phi) is 6.46. The van der Waals surface area contributed by atoms with Crippen molar-refractivity contribution in [2.75, 3.05) is 11.9 Å². The van der Waals surface area contributed by atoms with Crippen molar-refractivity contribution in [1.29, 1.82) is 0 Å². The van der Waals surface area contributed by atoms with Gasteiger partial charge in [0.15, 0.2) is 5.69 Å². The van der Waals surface area contributed by atoms with Crippen LogP contribution in [-0.2, 0) is 15.9 Å². The highest BCUT2D eigenvalue weighted by molar-refractivity contribution is 6.65. The third kappa shape index (κ3) is 4.61. The lowest BCUT2D eigenvalue weighted by atomic mass is 9.76. The first kappa shape index (κ1) is 23.3. The number of aromatic nitrogens is 1. The van der Waals surface area contributed by atoms with Crippen LogP contribution in [0, 0.1) is 0 Å². The van der Waals surface area contributed by atoms with Crippen LogP contribution in [0.5, 0.6) is 0 Å². The Morgan fingerprint density at radius 3 is 2.33 bits per heavy atom. The monoisotopic (exact) mass is 445 g/mol. The molecule has 6 nitrogen and oxygen atoms in total. The molecule has 1 aliphatic heterocycles. The highest BCUT2D eigenvalue weighted by Gasteiger charge is 2.52. The third-order valence-electron chi connectivity index (χ3n) is 6.54. The average molecular weight is 445 g/mol. The molecule has 7 heteroatoms. The number of hydrogen-bond acceptors (Lipinski definition) is 5. The fourth-order valence-corrected chi connectivity index (χ4v) is 3.90. The molecule has 0 spiro atoms. The van der Waals surface area contributed by atoms with Crippen molar-refractivity contribution in [2.45, 2.75) is 58.8 Å². The van der Waals surface area contributed by atoms with Crippen molar-refractivity contribution in [3.05, 3.63) is 66.0 Å². The number of rotatable bonds is 7. The van der Waals surface area contributed by atoms with E-state index in [1.807, 2.05) is 71.0 Å². The number of benzene rings is 2. The number of amides is 1. The van der Waals surface area contributed by atoms with Crippen LogP contribution in [0.1, 0.15) is 57.1 Å². The highest BCUT2D eigenvalue weighted by Crippen LogP contribution is 2.37. The highest BCUT2D eigenvalue weighted by atomic mass is 16.7. The Balaban J connectivity index is 1.77. The van der Waals surface area contributed by atoms with Crippen LogP contribution in [0.15, 0.2) is 54.7 Å². The average Bonchev–Trinajstić information content (AvgIpc) is 3.02. The molecule has 0 saturated carbocycles. The maximum atomic E-state index is 12.9. The SMILES string of the molecule is CCCNC(=O)c1ncc2c(B3OC(C)(C)C(C)(C)O3)cccc2c1NCc1ccccc1. The molecule has 0 radical (unpaired) electrons. The lowest BCUT2D eigenvalue weighted by Gasteiger charge is -2.32. The minimum Gasteiger partial charge on any atom is -0.399 e. The molecule has 4 rings (SSSR count). The molecule has 0 atom stereocenters. The maximum Gasteiger partial charge on any atom is 0.495 e. The Morgan fingerprint density at radius 2 is 1.67 bits per heavy atom. The zero-order chi connectivity index (χ0) is 23.6. The molecule has 1 aromatic heterocycles. The van der Waals surface area contributed by atoms with Gasteiger partial charge in [0.25, 0.3) is 5.91 Å². The zero-order valence-electron chi connectivity index (χ0n) is 20.1. The van der Waals surface area contributed by atoms with E-state index in [0.717, 1.165) is 28.2 Å². The summed E-state index contributed by atoms with van der Waals surface area (Å²) in [7, 11) is -0.512. The predicted molar refractivity (Wildman–Crippen MR) is 134 cm³/mol. The smallest absolute Gasteiger partial charge is 0.399 e. The minimum absolute atomic E-state index is 0.185. The van der Waals surface area contributed by atoms with Gasteiger partial charge in [-0.2, -0.15) is 0 Å². The number of nitrogens with zero attached hydrogens (tertiary/aromatic N) is 1. The number of carbonyl (C=O) groups is 1. The normalized spacial score (nSPS) is 16.7. The van der Waals surface area contributed by atoms with Crippen LogP contribution >= 0.6 is 0 Å². The van der Waals surface area contributed by atoms with Crippen LogP contribution in [0.2, 0.25) is 0 Å². The second-order valence-corrected chi connectivity index (χ2v) is 9.47. The maximum absolute atomic E-state index is 12.9. The minimum atomic E-state index is -0.512. The number of nitrogens with one attached hydrogen (secondary N) is 2. The van der Waals surface area contributed by atoms with Gasteiger partial charge < -0.3 is 19.9 Å². The summed E-state index contributed by atoms with van der Waals surface area (Å²) in [6.45, 7) is 11.4. The number of pyridine rings is 1. The lowest BCUT2D eigenvalue weighted by molar-refractivity contribution is 0.00578. The van der Waals surface area contributed by atoms with Crippen LogP contribution < -0.4 is 16.1 Å². The van der Waals surface area contributed by atoms with E-state index in [9.17, 15) is 4.79 Å². The summed E-state index contributed by atoms with van der Waals surface area (Å²) in [4.78, 5) is 17.5. The lowest BCUT2D eigenvalue weighted by Crippen LogP contribution is -2.41. The first-order valence-electron chi connectivity index (χ1n) is 11.6. The van der Waals surface area contributed by atoms with E-state index in [0.29, 0.717) is 24.5 Å². The van der Waals surface area contributed by atoms with Gasteiger partial charge in [0, 0.05) is 30.1 Å².